The van der Waals surface area contributed by atoms with Crippen LogP contribution in [-0.4, -0.2) is 30.5 Å². The fourth-order valence-corrected chi connectivity index (χ4v) is 1.97. The first-order chi connectivity index (χ1) is 5.64. The van der Waals surface area contributed by atoms with Crippen LogP contribution >= 0.6 is 0 Å². The Kier molecular flexibility index (Phi) is 3.09. The molecular formula is C9H19NO2. The number of nitrogens with two attached hydrogens (primary N) is 1. The Bertz CT molecular complexity index is 143. The maximum atomic E-state index is 9.22. The Labute approximate surface area is 73.9 Å². The first-order valence-corrected chi connectivity index (χ1v) is 4.64. The molecule has 0 aromatic heterocycles. The molecule has 1 aliphatic rings. The highest BCUT2D eigenvalue weighted by molar-refractivity contribution is 4.98. The molecule has 1 atom stereocenters. The van der Waals surface area contributed by atoms with Gasteiger partial charge in [-0.05, 0) is 26.7 Å². The van der Waals surface area contributed by atoms with Gasteiger partial charge in [-0.2, -0.15) is 0 Å². The minimum absolute atomic E-state index is 0.0510. The number of aliphatic hydroxyl groups excluding tert-OH is 1. The summed E-state index contributed by atoms with van der Waals surface area (Å²) in [5.41, 5.74) is 5.72. The second-order valence-electron chi connectivity index (χ2n) is 3.73. The summed E-state index contributed by atoms with van der Waals surface area (Å²) in [6.07, 6.45) is 1.61. The van der Waals surface area contributed by atoms with Crippen LogP contribution in [0.15, 0.2) is 0 Å². The van der Waals surface area contributed by atoms with Crippen molar-refractivity contribution in [1.82, 2.24) is 0 Å². The van der Waals surface area contributed by atoms with Crippen molar-refractivity contribution in [2.45, 2.75) is 38.9 Å². The van der Waals surface area contributed by atoms with Crippen LogP contribution in [-0.2, 0) is 4.74 Å². The first kappa shape index (κ1) is 9.96. The van der Waals surface area contributed by atoms with E-state index in [9.17, 15) is 5.11 Å². The van der Waals surface area contributed by atoms with Crippen molar-refractivity contribution in [3.63, 3.8) is 0 Å². The summed E-state index contributed by atoms with van der Waals surface area (Å²) < 4.78 is 5.50. The van der Waals surface area contributed by atoms with E-state index in [0.29, 0.717) is 6.54 Å². The van der Waals surface area contributed by atoms with E-state index in [-0.39, 0.29) is 17.6 Å². The van der Waals surface area contributed by atoms with Crippen molar-refractivity contribution in [3.8, 4) is 0 Å². The van der Waals surface area contributed by atoms with Gasteiger partial charge in [0.15, 0.2) is 0 Å². The SMILES string of the molecule is CCOC(C)C1(CN)CC(O)C1. The number of aliphatic hydroxyl groups is 1. The van der Waals surface area contributed by atoms with Gasteiger partial charge >= 0.3 is 0 Å². The molecule has 0 heterocycles. The van der Waals surface area contributed by atoms with Gasteiger partial charge < -0.3 is 15.6 Å². The minimum atomic E-state index is -0.156. The van der Waals surface area contributed by atoms with Crippen LogP contribution in [0.3, 0.4) is 0 Å². The highest BCUT2D eigenvalue weighted by Gasteiger charge is 2.46. The van der Waals surface area contributed by atoms with Gasteiger partial charge in [-0.1, -0.05) is 0 Å². The molecule has 0 saturated heterocycles. The standard InChI is InChI=1S/C9H19NO2/c1-3-12-7(2)9(6-10)4-8(11)5-9/h7-8,11H,3-6,10H2,1-2H3. The van der Waals surface area contributed by atoms with Gasteiger partial charge in [0.25, 0.3) is 0 Å². The number of ether oxygens (including phenoxy) is 1. The zero-order valence-electron chi connectivity index (χ0n) is 7.92. The van der Waals surface area contributed by atoms with Crippen molar-refractivity contribution in [1.29, 1.82) is 0 Å². The molecule has 0 amide bonds. The summed E-state index contributed by atoms with van der Waals surface area (Å²) in [6.45, 7) is 5.36. The predicted octanol–water partition coefficient (Wildman–Crippen LogP) is 0.511. The predicted molar refractivity (Wildman–Crippen MR) is 47.8 cm³/mol. The molecular weight excluding hydrogens is 154 g/mol. The third kappa shape index (κ3) is 1.63. The molecule has 3 N–H and O–H groups in total. The molecule has 72 valence electrons. The third-order valence-electron chi connectivity index (χ3n) is 2.97. The average Bonchev–Trinajstić information content (AvgIpc) is 1.98. The van der Waals surface area contributed by atoms with Crippen molar-refractivity contribution >= 4 is 0 Å². The van der Waals surface area contributed by atoms with Crippen LogP contribution in [0.1, 0.15) is 26.7 Å². The Balaban J connectivity index is 2.45. The Hall–Kier alpha value is -0.120. The van der Waals surface area contributed by atoms with Gasteiger partial charge in [0.2, 0.25) is 0 Å². The Morgan fingerprint density at radius 3 is 2.58 bits per heavy atom. The normalized spacial score (nSPS) is 37.5. The molecule has 1 fully saturated rings. The monoisotopic (exact) mass is 173 g/mol. The van der Waals surface area contributed by atoms with Gasteiger partial charge in [-0.15, -0.1) is 0 Å². The largest absolute Gasteiger partial charge is 0.393 e. The topological polar surface area (TPSA) is 55.5 Å². The molecule has 1 aliphatic carbocycles. The molecule has 1 rings (SSSR count). The van der Waals surface area contributed by atoms with E-state index >= 15 is 0 Å². The van der Waals surface area contributed by atoms with E-state index in [1.165, 1.54) is 0 Å². The second kappa shape index (κ2) is 3.73. The third-order valence-corrected chi connectivity index (χ3v) is 2.97. The summed E-state index contributed by atoms with van der Waals surface area (Å²) in [7, 11) is 0. The average molecular weight is 173 g/mol. The molecule has 0 bridgehead atoms. The van der Waals surface area contributed by atoms with Crippen molar-refractivity contribution in [2.24, 2.45) is 11.1 Å². The van der Waals surface area contributed by atoms with Gasteiger partial charge in [0.1, 0.15) is 0 Å². The molecule has 0 aromatic rings. The summed E-state index contributed by atoms with van der Waals surface area (Å²) in [4.78, 5) is 0. The zero-order chi connectivity index (χ0) is 9.19. The van der Waals surface area contributed by atoms with Crippen molar-refractivity contribution in [3.05, 3.63) is 0 Å². The number of hydrogen-bond acceptors (Lipinski definition) is 3. The maximum Gasteiger partial charge on any atom is 0.0617 e. The maximum absolute atomic E-state index is 9.22. The minimum Gasteiger partial charge on any atom is -0.393 e. The van der Waals surface area contributed by atoms with Crippen LogP contribution in [0.2, 0.25) is 0 Å². The van der Waals surface area contributed by atoms with Crippen LogP contribution in [0, 0.1) is 5.41 Å². The van der Waals surface area contributed by atoms with Crippen LogP contribution in [0.25, 0.3) is 0 Å². The summed E-state index contributed by atoms with van der Waals surface area (Å²) in [5, 5.41) is 9.22. The molecule has 12 heavy (non-hydrogen) atoms. The number of hydrogen-bond donors (Lipinski definition) is 2. The van der Waals surface area contributed by atoms with E-state index in [4.69, 9.17) is 10.5 Å². The van der Waals surface area contributed by atoms with Gasteiger partial charge in [0.05, 0.1) is 12.2 Å². The Morgan fingerprint density at radius 2 is 2.25 bits per heavy atom. The molecule has 3 nitrogen and oxygen atoms in total. The highest BCUT2D eigenvalue weighted by atomic mass is 16.5. The van der Waals surface area contributed by atoms with Crippen LogP contribution in [0.5, 0.6) is 0 Å². The molecule has 0 radical (unpaired) electrons. The van der Waals surface area contributed by atoms with Gasteiger partial charge in [-0.25, -0.2) is 0 Å². The van der Waals surface area contributed by atoms with Gasteiger partial charge in [-0.3, -0.25) is 0 Å². The molecule has 1 unspecified atom stereocenters. The smallest absolute Gasteiger partial charge is 0.0617 e. The van der Waals surface area contributed by atoms with Crippen molar-refractivity contribution < 1.29 is 9.84 Å². The highest BCUT2D eigenvalue weighted by Crippen LogP contribution is 2.44. The molecule has 0 aliphatic heterocycles. The quantitative estimate of drug-likeness (QED) is 0.651. The van der Waals surface area contributed by atoms with E-state index in [1.807, 2.05) is 13.8 Å². The fourth-order valence-electron chi connectivity index (χ4n) is 1.97. The van der Waals surface area contributed by atoms with Crippen molar-refractivity contribution in [2.75, 3.05) is 13.2 Å². The van der Waals surface area contributed by atoms with E-state index in [0.717, 1.165) is 19.4 Å². The van der Waals surface area contributed by atoms with Crippen LogP contribution < -0.4 is 5.73 Å². The lowest BCUT2D eigenvalue weighted by atomic mass is 9.63. The summed E-state index contributed by atoms with van der Waals surface area (Å²) in [5.74, 6) is 0. The zero-order valence-corrected chi connectivity index (χ0v) is 7.92. The molecule has 0 spiro atoms. The van der Waals surface area contributed by atoms with E-state index < -0.39 is 0 Å². The lowest BCUT2D eigenvalue weighted by molar-refractivity contribution is -0.118. The van der Waals surface area contributed by atoms with E-state index in [2.05, 4.69) is 0 Å². The fraction of sp³-hybridized carbons (Fsp3) is 1.00. The summed E-state index contributed by atoms with van der Waals surface area (Å²) in [6, 6.07) is 0. The van der Waals surface area contributed by atoms with E-state index in [1.54, 1.807) is 0 Å². The Morgan fingerprint density at radius 1 is 1.67 bits per heavy atom. The second-order valence-corrected chi connectivity index (χ2v) is 3.73. The lowest BCUT2D eigenvalue weighted by Gasteiger charge is -2.48. The van der Waals surface area contributed by atoms with Gasteiger partial charge in [0, 0.05) is 18.6 Å². The molecule has 0 aromatic carbocycles. The molecule has 1 saturated carbocycles. The van der Waals surface area contributed by atoms with Crippen LogP contribution in [0.4, 0.5) is 0 Å². The summed E-state index contributed by atoms with van der Waals surface area (Å²) >= 11 is 0. The first-order valence-electron chi connectivity index (χ1n) is 4.64. The molecule has 3 heteroatoms. The number of rotatable bonds is 4. The lowest BCUT2D eigenvalue weighted by Crippen LogP contribution is -2.53.